The van der Waals surface area contributed by atoms with Crippen LogP contribution in [0.15, 0.2) is 30.3 Å². The van der Waals surface area contributed by atoms with Crippen LogP contribution in [-0.2, 0) is 0 Å². The number of nitrogens with zero attached hydrogens (tertiary/aromatic N) is 3. The molecule has 1 heterocycles. The zero-order valence-electron chi connectivity index (χ0n) is 10.6. The molecule has 2 aromatic rings. The molecule has 0 aliphatic carbocycles. The van der Waals surface area contributed by atoms with Crippen LogP contribution in [0.2, 0.25) is 0 Å². The number of hydrogen-bond acceptors (Lipinski definition) is 5. The Kier molecular flexibility index (Phi) is 3.84. The van der Waals surface area contributed by atoms with E-state index in [1.54, 1.807) is 0 Å². The standard InChI is InChI=1S/C13H17N5/c1-9-10(2)17-18-13(15-9)16-12(8-14)11-6-4-3-5-7-11/h3-7,12H,8,14H2,1-2H3,(H,15,16,18). The van der Waals surface area contributed by atoms with Gasteiger partial charge in [-0.3, -0.25) is 0 Å². The molecular formula is C13H17N5. The van der Waals surface area contributed by atoms with Gasteiger partial charge in [0.25, 0.3) is 0 Å². The van der Waals surface area contributed by atoms with Crippen LogP contribution in [0.1, 0.15) is 23.0 Å². The summed E-state index contributed by atoms with van der Waals surface area (Å²) in [7, 11) is 0. The summed E-state index contributed by atoms with van der Waals surface area (Å²) in [6.07, 6.45) is 0. The first kappa shape index (κ1) is 12.4. The molecule has 3 N–H and O–H groups in total. The summed E-state index contributed by atoms with van der Waals surface area (Å²) in [5.41, 5.74) is 8.60. The Balaban J connectivity index is 2.18. The second-order valence-electron chi connectivity index (χ2n) is 4.15. The first-order valence-corrected chi connectivity index (χ1v) is 5.90. The van der Waals surface area contributed by atoms with Crippen LogP contribution in [0.25, 0.3) is 0 Å². The lowest BCUT2D eigenvalue weighted by Gasteiger charge is -2.17. The highest BCUT2D eigenvalue weighted by molar-refractivity contribution is 5.32. The molecule has 0 aliphatic rings. The Morgan fingerprint density at radius 1 is 1.11 bits per heavy atom. The summed E-state index contributed by atoms with van der Waals surface area (Å²) in [6.45, 7) is 4.27. The van der Waals surface area contributed by atoms with Gasteiger partial charge in [0, 0.05) is 6.54 Å². The number of aryl methyl sites for hydroxylation is 2. The fourth-order valence-corrected chi connectivity index (χ4v) is 1.64. The highest BCUT2D eigenvalue weighted by atomic mass is 15.2. The predicted molar refractivity (Wildman–Crippen MR) is 71.2 cm³/mol. The van der Waals surface area contributed by atoms with Gasteiger partial charge >= 0.3 is 0 Å². The van der Waals surface area contributed by atoms with E-state index in [0.29, 0.717) is 12.5 Å². The Bertz CT molecular complexity index is 512. The fourth-order valence-electron chi connectivity index (χ4n) is 1.64. The van der Waals surface area contributed by atoms with Gasteiger partial charge in [-0.15, -0.1) is 5.10 Å². The molecule has 94 valence electrons. The van der Waals surface area contributed by atoms with Crippen LogP contribution < -0.4 is 11.1 Å². The quantitative estimate of drug-likeness (QED) is 0.853. The minimum atomic E-state index is -0.00453. The third kappa shape index (κ3) is 2.81. The first-order valence-electron chi connectivity index (χ1n) is 5.90. The summed E-state index contributed by atoms with van der Waals surface area (Å²) in [5.74, 6) is 0.511. The highest BCUT2D eigenvalue weighted by Gasteiger charge is 2.11. The summed E-state index contributed by atoms with van der Waals surface area (Å²) < 4.78 is 0. The molecule has 0 fully saturated rings. The average molecular weight is 243 g/mol. The lowest BCUT2D eigenvalue weighted by atomic mass is 10.1. The molecule has 0 bridgehead atoms. The SMILES string of the molecule is Cc1nnc(NC(CN)c2ccccc2)nc1C. The second kappa shape index (κ2) is 5.55. The van der Waals surface area contributed by atoms with Crippen molar-refractivity contribution in [3.8, 4) is 0 Å². The summed E-state index contributed by atoms with van der Waals surface area (Å²) in [5, 5.41) is 11.3. The largest absolute Gasteiger partial charge is 0.345 e. The number of benzene rings is 1. The molecule has 1 aromatic carbocycles. The molecule has 5 nitrogen and oxygen atoms in total. The molecule has 2 rings (SSSR count). The van der Waals surface area contributed by atoms with E-state index in [1.165, 1.54) is 0 Å². The van der Waals surface area contributed by atoms with Crippen molar-refractivity contribution < 1.29 is 0 Å². The van der Waals surface area contributed by atoms with Crippen molar-refractivity contribution in [2.24, 2.45) is 5.73 Å². The van der Waals surface area contributed by atoms with Gasteiger partial charge in [0.05, 0.1) is 17.4 Å². The van der Waals surface area contributed by atoms with Crippen LogP contribution in [0, 0.1) is 13.8 Å². The Hall–Kier alpha value is -2.01. The van der Waals surface area contributed by atoms with E-state index in [9.17, 15) is 0 Å². The number of nitrogens with one attached hydrogen (secondary N) is 1. The van der Waals surface area contributed by atoms with Crippen LogP contribution in [0.4, 0.5) is 5.95 Å². The van der Waals surface area contributed by atoms with E-state index in [1.807, 2.05) is 44.2 Å². The number of aromatic nitrogens is 3. The molecule has 5 heteroatoms. The average Bonchev–Trinajstić information content (AvgIpc) is 2.41. The molecule has 1 aromatic heterocycles. The summed E-state index contributed by atoms with van der Waals surface area (Å²) >= 11 is 0. The minimum absolute atomic E-state index is 0.00453. The molecule has 0 saturated heterocycles. The maximum absolute atomic E-state index is 5.78. The predicted octanol–water partition coefficient (Wildman–Crippen LogP) is 1.60. The van der Waals surface area contributed by atoms with Gasteiger partial charge < -0.3 is 11.1 Å². The van der Waals surface area contributed by atoms with Gasteiger partial charge in [-0.1, -0.05) is 30.3 Å². The van der Waals surface area contributed by atoms with Crippen molar-refractivity contribution in [1.29, 1.82) is 0 Å². The molecule has 1 unspecified atom stereocenters. The third-order valence-corrected chi connectivity index (χ3v) is 2.83. The Labute approximate surface area is 106 Å². The fraction of sp³-hybridized carbons (Fsp3) is 0.308. The molecule has 0 aliphatic heterocycles. The summed E-state index contributed by atoms with van der Waals surface area (Å²) in [4.78, 5) is 4.35. The molecule has 0 amide bonds. The van der Waals surface area contributed by atoms with Crippen LogP contribution in [0.3, 0.4) is 0 Å². The van der Waals surface area contributed by atoms with Gasteiger partial charge in [0.15, 0.2) is 0 Å². The number of nitrogens with two attached hydrogens (primary N) is 1. The normalized spacial score (nSPS) is 12.2. The van der Waals surface area contributed by atoms with Gasteiger partial charge in [-0.05, 0) is 19.4 Å². The third-order valence-electron chi connectivity index (χ3n) is 2.83. The van der Waals surface area contributed by atoms with Crippen molar-refractivity contribution in [3.05, 3.63) is 47.3 Å². The van der Waals surface area contributed by atoms with Gasteiger partial charge in [0.2, 0.25) is 5.95 Å². The van der Waals surface area contributed by atoms with Crippen molar-refractivity contribution in [2.75, 3.05) is 11.9 Å². The lowest BCUT2D eigenvalue weighted by Crippen LogP contribution is -2.22. The molecule has 1 atom stereocenters. The van der Waals surface area contributed by atoms with E-state index in [4.69, 9.17) is 5.73 Å². The van der Waals surface area contributed by atoms with Gasteiger partial charge in [-0.2, -0.15) is 5.10 Å². The molecular weight excluding hydrogens is 226 g/mol. The Morgan fingerprint density at radius 3 is 2.44 bits per heavy atom. The molecule has 0 saturated carbocycles. The van der Waals surface area contributed by atoms with E-state index in [-0.39, 0.29) is 6.04 Å². The maximum atomic E-state index is 5.78. The molecule has 0 spiro atoms. The molecule has 18 heavy (non-hydrogen) atoms. The van der Waals surface area contributed by atoms with Gasteiger partial charge in [0.1, 0.15) is 0 Å². The first-order chi connectivity index (χ1) is 8.70. The van der Waals surface area contributed by atoms with Crippen LogP contribution >= 0.6 is 0 Å². The van der Waals surface area contributed by atoms with Crippen molar-refractivity contribution >= 4 is 5.95 Å². The van der Waals surface area contributed by atoms with Gasteiger partial charge in [-0.25, -0.2) is 4.98 Å². The second-order valence-corrected chi connectivity index (χ2v) is 4.15. The van der Waals surface area contributed by atoms with E-state index < -0.39 is 0 Å². The number of anilines is 1. The number of rotatable bonds is 4. The van der Waals surface area contributed by atoms with Crippen molar-refractivity contribution in [2.45, 2.75) is 19.9 Å². The minimum Gasteiger partial charge on any atom is -0.345 e. The van der Waals surface area contributed by atoms with Crippen LogP contribution in [0.5, 0.6) is 0 Å². The van der Waals surface area contributed by atoms with Crippen LogP contribution in [-0.4, -0.2) is 21.7 Å². The smallest absolute Gasteiger partial charge is 0.243 e. The van der Waals surface area contributed by atoms with E-state index >= 15 is 0 Å². The topological polar surface area (TPSA) is 76.7 Å². The van der Waals surface area contributed by atoms with E-state index in [2.05, 4.69) is 20.5 Å². The lowest BCUT2D eigenvalue weighted by molar-refractivity contribution is 0.761. The molecule has 0 radical (unpaired) electrons. The number of hydrogen-bond donors (Lipinski definition) is 2. The van der Waals surface area contributed by atoms with Crippen molar-refractivity contribution in [1.82, 2.24) is 15.2 Å². The Morgan fingerprint density at radius 2 is 1.83 bits per heavy atom. The maximum Gasteiger partial charge on any atom is 0.243 e. The summed E-state index contributed by atoms with van der Waals surface area (Å²) in [6, 6.07) is 10.00. The van der Waals surface area contributed by atoms with E-state index in [0.717, 1.165) is 17.0 Å². The van der Waals surface area contributed by atoms with Crippen molar-refractivity contribution in [3.63, 3.8) is 0 Å². The highest BCUT2D eigenvalue weighted by Crippen LogP contribution is 2.15. The monoisotopic (exact) mass is 243 g/mol. The zero-order chi connectivity index (χ0) is 13.0. The zero-order valence-corrected chi connectivity index (χ0v) is 10.6.